The number of nitrogens with zero attached hydrogens (tertiary/aromatic N) is 2. The van der Waals surface area contributed by atoms with Gasteiger partial charge in [0.2, 0.25) is 0 Å². The second-order valence-corrected chi connectivity index (χ2v) is 6.20. The lowest BCUT2D eigenvalue weighted by atomic mass is 10.0. The second-order valence-electron chi connectivity index (χ2n) is 6.20. The molecule has 2 aromatic carbocycles. The van der Waals surface area contributed by atoms with Crippen LogP contribution in [0.2, 0.25) is 0 Å². The van der Waals surface area contributed by atoms with Crippen LogP contribution in [0.1, 0.15) is 22.3 Å². The maximum absolute atomic E-state index is 6.23. The standard InChI is InChI=1S/C24H26N2O3/c1-8-10-22(21-15-23(28-7)17(4)11-16(21)3)29-20-13-18(12-19(14-20)27-6)24(25-5)26-9-2/h8-15H,1-2,5H2,3-4,6-7H3/b22-10+,26-24-. The minimum Gasteiger partial charge on any atom is -0.497 e. The van der Waals surface area contributed by atoms with Crippen LogP contribution in [-0.2, 0) is 0 Å². The Morgan fingerprint density at radius 2 is 1.66 bits per heavy atom. The predicted octanol–water partition coefficient (Wildman–Crippen LogP) is 5.52. The quantitative estimate of drug-likeness (QED) is 0.258. The highest BCUT2D eigenvalue weighted by atomic mass is 16.5. The third kappa shape index (κ3) is 5.23. The van der Waals surface area contributed by atoms with E-state index in [1.807, 2.05) is 26.0 Å². The van der Waals surface area contributed by atoms with Crippen LogP contribution in [0.15, 0.2) is 71.8 Å². The zero-order valence-electron chi connectivity index (χ0n) is 17.4. The molecule has 0 atom stereocenters. The minimum absolute atomic E-state index is 0.422. The van der Waals surface area contributed by atoms with Crippen LogP contribution in [0.5, 0.6) is 17.2 Å². The summed E-state index contributed by atoms with van der Waals surface area (Å²) in [7, 11) is 3.24. The summed E-state index contributed by atoms with van der Waals surface area (Å²) < 4.78 is 17.1. The number of aryl methyl sites for hydroxylation is 2. The summed E-state index contributed by atoms with van der Waals surface area (Å²) in [5, 5.41) is 0. The van der Waals surface area contributed by atoms with E-state index in [0.29, 0.717) is 28.7 Å². The smallest absolute Gasteiger partial charge is 0.158 e. The van der Waals surface area contributed by atoms with E-state index in [1.54, 1.807) is 38.5 Å². The van der Waals surface area contributed by atoms with Crippen molar-refractivity contribution in [1.29, 1.82) is 0 Å². The summed E-state index contributed by atoms with van der Waals surface area (Å²) in [5.74, 6) is 3.00. The van der Waals surface area contributed by atoms with Gasteiger partial charge in [0.05, 0.1) is 14.2 Å². The number of benzene rings is 2. The van der Waals surface area contributed by atoms with Gasteiger partial charge in [-0.1, -0.05) is 25.3 Å². The van der Waals surface area contributed by atoms with Gasteiger partial charge in [-0.3, -0.25) is 0 Å². The zero-order chi connectivity index (χ0) is 21.4. The fourth-order valence-corrected chi connectivity index (χ4v) is 2.90. The predicted molar refractivity (Wildman–Crippen MR) is 121 cm³/mol. The van der Waals surface area contributed by atoms with E-state index in [1.165, 1.54) is 6.20 Å². The topological polar surface area (TPSA) is 52.4 Å². The van der Waals surface area contributed by atoms with Crippen LogP contribution in [0.25, 0.3) is 5.76 Å². The Kier molecular flexibility index (Phi) is 7.54. The Morgan fingerprint density at radius 1 is 0.931 bits per heavy atom. The molecule has 0 aliphatic heterocycles. The van der Waals surface area contributed by atoms with Crippen molar-refractivity contribution in [2.45, 2.75) is 13.8 Å². The molecule has 0 spiro atoms. The Labute approximate surface area is 172 Å². The summed E-state index contributed by atoms with van der Waals surface area (Å²) in [6, 6.07) is 9.42. The van der Waals surface area contributed by atoms with Crippen molar-refractivity contribution in [3.8, 4) is 17.2 Å². The molecular weight excluding hydrogens is 364 g/mol. The average Bonchev–Trinajstić information content (AvgIpc) is 2.71. The minimum atomic E-state index is 0.422. The first-order chi connectivity index (χ1) is 14.0. The number of methoxy groups -OCH3 is 2. The van der Waals surface area contributed by atoms with Crippen molar-refractivity contribution in [2.75, 3.05) is 14.2 Å². The molecule has 0 fully saturated rings. The number of rotatable bonds is 8. The molecule has 0 aliphatic carbocycles. The molecule has 0 radical (unpaired) electrons. The third-order valence-electron chi connectivity index (χ3n) is 4.24. The molecule has 0 saturated heterocycles. The lowest BCUT2D eigenvalue weighted by Crippen LogP contribution is -2.02. The molecule has 29 heavy (non-hydrogen) atoms. The van der Waals surface area contributed by atoms with Gasteiger partial charge in [0.15, 0.2) is 5.84 Å². The Morgan fingerprint density at radius 3 is 2.24 bits per heavy atom. The Bertz CT molecular complexity index is 988. The number of amidine groups is 1. The highest BCUT2D eigenvalue weighted by molar-refractivity contribution is 6.02. The molecule has 0 unspecified atom stereocenters. The van der Waals surface area contributed by atoms with E-state index in [0.717, 1.165) is 22.4 Å². The summed E-state index contributed by atoms with van der Waals surface area (Å²) in [6.07, 6.45) is 4.90. The lowest BCUT2D eigenvalue weighted by Gasteiger charge is -2.16. The van der Waals surface area contributed by atoms with Crippen LogP contribution in [0.4, 0.5) is 0 Å². The number of aliphatic imine (C=N–C) groups is 2. The van der Waals surface area contributed by atoms with Crippen molar-refractivity contribution in [3.05, 3.63) is 84.1 Å². The van der Waals surface area contributed by atoms with Gasteiger partial charge in [-0.2, -0.15) is 0 Å². The van der Waals surface area contributed by atoms with E-state index < -0.39 is 0 Å². The molecule has 0 bridgehead atoms. The molecular formula is C24H26N2O3. The van der Waals surface area contributed by atoms with Crippen molar-refractivity contribution in [3.63, 3.8) is 0 Å². The summed E-state index contributed by atoms with van der Waals surface area (Å²) in [5.41, 5.74) is 3.71. The van der Waals surface area contributed by atoms with Gasteiger partial charge in [0.1, 0.15) is 23.0 Å². The van der Waals surface area contributed by atoms with Crippen LogP contribution in [-0.4, -0.2) is 26.8 Å². The van der Waals surface area contributed by atoms with Crippen molar-refractivity contribution >= 4 is 18.3 Å². The first-order valence-corrected chi connectivity index (χ1v) is 8.98. The number of ether oxygens (including phenoxy) is 3. The molecule has 2 rings (SSSR count). The second kappa shape index (κ2) is 10.1. The van der Waals surface area contributed by atoms with Gasteiger partial charge in [-0.15, -0.1) is 0 Å². The molecule has 0 saturated carbocycles. The van der Waals surface area contributed by atoms with Gasteiger partial charge in [-0.05, 0) is 56.0 Å². The first kappa shape index (κ1) is 21.7. The van der Waals surface area contributed by atoms with E-state index in [4.69, 9.17) is 14.2 Å². The molecule has 2 aromatic rings. The maximum Gasteiger partial charge on any atom is 0.158 e. The first-order valence-electron chi connectivity index (χ1n) is 8.98. The van der Waals surface area contributed by atoms with E-state index in [2.05, 4.69) is 35.9 Å². The fourth-order valence-electron chi connectivity index (χ4n) is 2.90. The lowest BCUT2D eigenvalue weighted by molar-refractivity contribution is 0.409. The molecule has 0 aromatic heterocycles. The normalized spacial score (nSPS) is 11.6. The zero-order valence-corrected chi connectivity index (χ0v) is 17.4. The molecule has 0 aliphatic rings. The van der Waals surface area contributed by atoms with Gasteiger partial charge in [0.25, 0.3) is 0 Å². The highest BCUT2D eigenvalue weighted by Gasteiger charge is 2.14. The highest BCUT2D eigenvalue weighted by Crippen LogP contribution is 2.32. The summed E-state index contributed by atoms with van der Waals surface area (Å²) in [6.45, 7) is 15.0. The number of hydrogen-bond acceptors (Lipinski definition) is 4. The van der Waals surface area contributed by atoms with Gasteiger partial charge >= 0.3 is 0 Å². The Hall–Kier alpha value is -3.60. The van der Waals surface area contributed by atoms with Crippen LogP contribution in [0, 0.1) is 13.8 Å². The third-order valence-corrected chi connectivity index (χ3v) is 4.24. The summed E-state index contributed by atoms with van der Waals surface area (Å²) in [4.78, 5) is 8.10. The van der Waals surface area contributed by atoms with Gasteiger partial charge in [0, 0.05) is 23.4 Å². The molecule has 0 amide bonds. The SMILES string of the molecule is C=C/C=C(/Oc1cc(OC)cc(/C(N=C)=N/C=C)c1)c1cc(OC)c(C)cc1C. The molecule has 0 N–H and O–H groups in total. The van der Waals surface area contributed by atoms with Gasteiger partial charge < -0.3 is 14.2 Å². The molecule has 5 heteroatoms. The molecule has 5 nitrogen and oxygen atoms in total. The summed E-state index contributed by atoms with van der Waals surface area (Å²) >= 11 is 0. The van der Waals surface area contributed by atoms with Crippen molar-refractivity contribution in [1.82, 2.24) is 0 Å². The van der Waals surface area contributed by atoms with Crippen molar-refractivity contribution in [2.24, 2.45) is 9.98 Å². The Balaban J connectivity index is 2.56. The average molecular weight is 390 g/mol. The molecule has 150 valence electrons. The van der Waals surface area contributed by atoms with E-state index >= 15 is 0 Å². The van der Waals surface area contributed by atoms with Gasteiger partial charge in [-0.25, -0.2) is 9.98 Å². The number of hydrogen-bond donors (Lipinski definition) is 0. The van der Waals surface area contributed by atoms with Crippen LogP contribution >= 0.6 is 0 Å². The largest absolute Gasteiger partial charge is 0.497 e. The fraction of sp³-hybridized carbons (Fsp3) is 0.167. The van der Waals surface area contributed by atoms with Crippen LogP contribution < -0.4 is 14.2 Å². The van der Waals surface area contributed by atoms with E-state index in [9.17, 15) is 0 Å². The van der Waals surface area contributed by atoms with Crippen LogP contribution in [0.3, 0.4) is 0 Å². The molecule has 0 heterocycles. The van der Waals surface area contributed by atoms with Crippen molar-refractivity contribution < 1.29 is 14.2 Å². The maximum atomic E-state index is 6.23. The van der Waals surface area contributed by atoms with E-state index in [-0.39, 0.29) is 0 Å². The number of allylic oxidation sites excluding steroid dienone is 2. The monoisotopic (exact) mass is 390 g/mol.